The second kappa shape index (κ2) is 6.14. The largest absolute Gasteiger partial charge is 0.507 e. The zero-order chi connectivity index (χ0) is 16.2. The molecule has 0 aliphatic heterocycles. The zero-order valence-corrected chi connectivity index (χ0v) is 12.0. The first-order valence-electron chi connectivity index (χ1n) is 6.81. The number of hydrogen-bond donors (Lipinski definition) is 3. The van der Waals surface area contributed by atoms with Gasteiger partial charge < -0.3 is 15.4 Å². The van der Waals surface area contributed by atoms with E-state index < -0.39 is 5.78 Å². The standard InChI is InChI=1S/C15H14N6O2/c16-12-3-1-10(2-4-12)8-21-6-5-11(9-21)13(22)7-14(23)15-17-19-20-18-15/h1-7,9,22H,8,16H2,(H,17,18,19,20). The maximum atomic E-state index is 11.8. The minimum atomic E-state index is -0.525. The van der Waals surface area contributed by atoms with Crippen molar-refractivity contribution in [2.45, 2.75) is 6.54 Å². The number of benzene rings is 1. The van der Waals surface area contributed by atoms with Gasteiger partial charge in [-0.2, -0.15) is 5.21 Å². The van der Waals surface area contributed by atoms with Crippen LogP contribution in [0, 0.1) is 0 Å². The molecular weight excluding hydrogens is 296 g/mol. The number of ketones is 1. The van der Waals surface area contributed by atoms with E-state index in [9.17, 15) is 9.90 Å². The Balaban J connectivity index is 1.73. The molecule has 8 heteroatoms. The van der Waals surface area contributed by atoms with Gasteiger partial charge in [0.2, 0.25) is 11.6 Å². The zero-order valence-electron chi connectivity index (χ0n) is 12.0. The molecule has 2 heterocycles. The summed E-state index contributed by atoms with van der Waals surface area (Å²) < 4.78 is 1.89. The third-order valence-corrected chi connectivity index (χ3v) is 3.22. The van der Waals surface area contributed by atoms with Gasteiger partial charge in [-0.25, -0.2) is 0 Å². The third-order valence-electron chi connectivity index (χ3n) is 3.22. The van der Waals surface area contributed by atoms with Gasteiger partial charge in [0.05, 0.1) is 0 Å². The highest BCUT2D eigenvalue weighted by Gasteiger charge is 2.11. The number of anilines is 1. The first-order chi connectivity index (χ1) is 11.1. The van der Waals surface area contributed by atoms with Crippen LogP contribution < -0.4 is 5.73 Å². The molecule has 0 bridgehead atoms. The monoisotopic (exact) mass is 310 g/mol. The van der Waals surface area contributed by atoms with Crippen LogP contribution in [0.4, 0.5) is 5.69 Å². The number of aliphatic hydroxyl groups is 1. The van der Waals surface area contributed by atoms with Crippen molar-refractivity contribution in [1.82, 2.24) is 25.2 Å². The summed E-state index contributed by atoms with van der Waals surface area (Å²) in [5.41, 5.74) is 7.97. The predicted molar refractivity (Wildman–Crippen MR) is 83.5 cm³/mol. The number of aromatic amines is 1. The fraction of sp³-hybridized carbons (Fsp3) is 0.0667. The third kappa shape index (κ3) is 3.43. The van der Waals surface area contributed by atoms with E-state index in [0.717, 1.165) is 11.6 Å². The van der Waals surface area contributed by atoms with Crippen LogP contribution in [0.5, 0.6) is 0 Å². The summed E-state index contributed by atoms with van der Waals surface area (Å²) in [5.74, 6) is -0.781. The molecule has 1 aromatic carbocycles. The number of rotatable bonds is 5. The van der Waals surface area contributed by atoms with Crippen molar-refractivity contribution < 1.29 is 9.90 Å². The Labute approximate surface area is 131 Å². The van der Waals surface area contributed by atoms with Crippen LogP contribution in [-0.4, -0.2) is 36.1 Å². The number of nitrogens with one attached hydrogen (secondary N) is 1. The number of hydrogen-bond acceptors (Lipinski definition) is 6. The molecule has 0 saturated carbocycles. The smallest absolute Gasteiger partial charge is 0.244 e. The normalized spacial score (nSPS) is 11.6. The number of aliphatic hydroxyl groups excluding tert-OH is 1. The molecule has 2 aromatic heterocycles. The van der Waals surface area contributed by atoms with Crippen LogP contribution in [0.3, 0.4) is 0 Å². The Hall–Kier alpha value is -3.42. The summed E-state index contributed by atoms with van der Waals surface area (Å²) in [6, 6.07) is 9.25. The Morgan fingerprint density at radius 1 is 1.30 bits per heavy atom. The molecule has 0 fully saturated rings. The number of aromatic nitrogens is 5. The van der Waals surface area contributed by atoms with Crippen LogP contribution >= 0.6 is 0 Å². The van der Waals surface area contributed by atoms with Crippen LogP contribution in [0.2, 0.25) is 0 Å². The summed E-state index contributed by atoms with van der Waals surface area (Å²) >= 11 is 0. The summed E-state index contributed by atoms with van der Waals surface area (Å²) in [4.78, 5) is 11.8. The molecule has 3 aromatic rings. The SMILES string of the molecule is Nc1ccc(Cn2ccc(C(O)=CC(=O)c3nn[nH]n3)c2)cc1. The van der Waals surface area contributed by atoms with Crippen LogP contribution in [-0.2, 0) is 6.54 Å². The van der Waals surface area contributed by atoms with E-state index in [1.54, 1.807) is 12.3 Å². The summed E-state index contributed by atoms with van der Waals surface area (Å²) in [6.07, 6.45) is 4.62. The molecule has 3 rings (SSSR count). The Bertz CT molecular complexity index is 833. The molecule has 0 saturated heterocycles. The van der Waals surface area contributed by atoms with E-state index in [-0.39, 0.29) is 11.6 Å². The molecule has 116 valence electrons. The predicted octanol–water partition coefficient (Wildman–Crippen LogP) is 1.41. The lowest BCUT2D eigenvalue weighted by atomic mass is 10.2. The molecule has 0 aliphatic rings. The maximum absolute atomic E-state index is 11.8. The molecule has 0 amide bonds. The molecular formula is C15H14N6O2. The van der Waals surface area contributed by atoms with Crippen molar-refractivity contribution in [1.29, 1.82) is 0 Å². The number of nitrogens with zero attached hydrogens (tertiary/aromatic N) is 4. The number of carbonyl (C=O) groups is 1. The van der Waals surface area contributed by atoms with Crippen molar-refractivity contribution in [2.75, 3.05) is 5.73 Å². The topological polar surface area (TPSA) is 123 Å². The minimum absolute atomic E-state index is 0.0992. The van der Waals surface area contributed by atoms with Gasteiger partial charge in [0, 0.05) is 36.3 Å². The van der Waals surface area contributed by atoms with E-state index in [1.165, 1.54) is 0 Å². The lowest BCUT2D eigenvalue weighted by Crippen LogP contribution is -1.99. The molecule has 0 aliphatic carbocycles. The summed E-state index contributed by atoms with van der Waals surface area (Å²) in [6.45, 7) is 0.631. The van der Waals surface area contributed by atoms with Gasteiger partial charge in [-0.3, -0.25) is 4.79 Å². The summed E-state index contributed by atoms with van der Waals surface area (Å²) in [7, 11) is 0. The number of tetrazole rings is 1. The van der Waals surface area contributed by atoms with Crippen molar-refractivity contribution in [3.63, 3.8) is 0 Å². The molecule has 23 heavy (non-hydrogen) atoms. The van der Waals surface area contributed by atoms with Crippen LogP contribution in [0.25, 0.3) is 5.76 Å². The molecule has 0 atom stereocenters. The average molecular weight is 310 g/mol. The van der Waals surface area contributed by atoms with E-state index in [4.69, 9.17) is 5.73 Å². The van der Waals surface area contributed by atoms with Gasteiger partial charge in [-0.05, 0) is 29.0 Å². The number of nitrogens with two attached hydrogens (primary N) is 1. The fourth-order valence-corrected chi connectivity index (χ4v) is 2.06. The quantitative estimate of drug-likeness (QED) is 0.283. The van der Waals surface area contributed by atoms with Crippen molar-refractivity contribution in [2.24, 2.45) is 0 Å². The Kier molecular flexibility index (Phi) is 3.88. The minimum Gasteiger partial charge on any atom is -0.507 e. The highest BCUT2D eigenvalue weighted by atomic mass is 16.3. The summed E-state index contributed by atoms with van der Waals surface area (Å²) in [5, 5.41) is 22.6. The molecule has 0 radical (unpaired) electrons. The Morgan fingerprint density at radius 3 is 2.78 bits per heavy atom. The van der Waals surface area contributed by atoms with Crippen molar-refractivity contribution in [3.8, 4) is 0 Å². The first-order valence-corrected chi connectivity index (χ1v) is 6.81. The fourth-order valence-electron chi connectivity index (χ4n) is 2.06. The molecule has 4 N–H and O–H groups in total. The van der Waals surface area contributed by atoms with Crippen molar-refractivity contribution in [3.05, 3.63) is 65.8 Å². The molecule has 0 unspecified atom stereocenters. The van der Waals surface area contributed by atoms with Gasteiger partial charge in [-0.15, -0.1) is 10.2 Å². The number of carbonyl (C=O) groups excluding carboxylic acids is 1. The van der Waals surface area contributed by atoms with Gasteiger partial charge in [0.1, 0.15) is 5.76 Å². The van der Waals surface area contributed by atoms with E-state index >= 15 is 0 Å². The van der Waals surface area contributed by atoms with E-state index in [2.05, 4.69) is 20.6 Å². The highest BCUT2D eigenvalue weighted by Crippen LogP contribution is 2.14. The van der Waals surface area contributed by atoms with E-state index in [1.807, 2.05) is 35.0 Å². The lowest BCUT2D eigenvalue weighted by Gasteiger charge is -2.03. The second-order valence-electron chi connectivity index (χ2n) is 4.94. The lowest BCUT2D eigenvalue weighted by molar-refractivity contribution is 0.103. The number of allylic oxidation sites excluding steroid dienone is 1. The molecule has 0 spiro atoms. The number of nitrogen functional groups attached to an aromatic ring is 1. The van der Waals surface area contributed by atoms with E-state index in [0.29, 0.717) is 17.8 Å². The maximum Gasteiger partial charge on any atom is 0.244 e. The first kappa shape index (κ1) is 14.5. The second-order valence-corrected chi connectivity index (χ2v) is 4.94. The Morgan fingerprint density at radius 2 is 2.09 bits per heavy atom. The van der Waals surface area contributed by atoms with Gasteiger partial charge in [0.15, 0.2) is 0 Å². The number of H-pyrrole nitrogens is 1. The van der Waals surface area contributed by atoms with Gasteiger partial charge >= 0.3 is 0 Å². The molecule has 8 nitrogen and oxygen atoms in total. The van der Waals surface area contributed by atoms with Gasteiger partial charge in [0.25, 0.3) is 0 Å². The van der Waals surface area contributed by atoms with Crippen LogP contribution in [0.1, 0.15) is 21.7 Å². The average Bonchev–Trinajstić information content (AvgIpc) is 3.21. The van der Waals surface area contributed by atoms with Crippen molar-refractivity contribution >= 4 is 17.2 Å². The van der Waals surface area contributed by atoms with Gasteiger partial charge in [-0.1, -0.05) is 12.1 Å². The van der Waals surface area contributed by atoms with Crippen LogP contribution in [0.15, 0.2) is 48.8 Å². The highest BCUT2D eigenvalue weighted by molar-refractivity contribution is 6.05.